The van der Waals surface area contributed by atoms with Crippen LogP contribution in [-0.4, -0.2) is 70.7 Å². The number of benzene rings is 1. The van der Waals surface area contributed by atoms with Gasteiger partial charge in [0, 0.05) is 20.6 Å². The van der Waals surface area contributed by atoms with Crippen molar-refractivity contribution in [2.24, 2.45) is 5.41 Å². The molecule has 0 aliphatic carbocycles. The number of allylic oxidation sites excluding steroid dienone is 1. The van der Waals surface area contributed by atoms with E-state index >= 15 is 0 Å². The predicted octanol–water partition coefficient (Wildman–Crippen LogP) is 3.83. The molecule has 0 bridgehead atoms. The summed E-state index contributed by atoms with van der Waals surface area (Å²) in [5.74, 6) is -1.44. The molecule has 1 aromatic carbocycles. The molecule has 0 aliphatic heterocycles. The topological polar surface area (TPSA) is 59.1 Å². The maximum Gasteiger partial charge on any atom is 0.347 e. The molecule has 0 atom stereocenters. The average molecular weight is 431 g/mol. The number of hydrogen-bond donors (Lipinski definition) is 0. The molecule has 0 spiro atoms. The molecule has 0 saturated heterocycles. The molecule has 0 N–H and O–H groups in total. The van der Waals surface area contributed by atoms with Crippen LogP contribution in [0.25, 0.3) is 5.57 Å². The first-order valence-corrected chi connectivity index (χ1v) is 10.3. The van der Waals surface area contributed by atoms with Crippen molar-refractivity contribution in [3.8, 4) is 0 Å². The molecular formula is C25H38N2O4. The van der Waals surface area contributed by atoms with Crippen LogP contribution >= 0.6 is 0 Å². The number of hydrogen-bond acceptors (Lipinski definition) is 6. The average Bonchev–Trinajstić information content (AvgIpc) is 2.61. The van der Waals surface area contributed by atoms with Gasteiger partial charge < -0.3 is 19.3 Å². The molecule has 0 amide bonds. The van der Waals surface area contributed by atoms with E-state index in [9.17, 15) is 9.59 Å². The molecule has 0 unspecified atom stereocenters. The quantitative estimate of drug-likeness (QED) is 0.215. The number of likely N-dealkylation sites (N-methyl/N-ethyl adjacent to an activating group) is 2. The summed E-state index contributed by atoms with van der Waals surface area (Å²) in [6.07, 6.45) is 0. The third-order valence-corrected chi connectivity index (χ3v) is 4.79. The first kappa shape index (κ1) is 26.4. The van der Waals surface area contributed by atoms with Gasteiger partial charge in [-0.1, -0.05) is 50.1 Å². The molecule has 0 heterocycles. The lowest BCUT2D eigenvalue weighted by Crippen LogP contribution is -2.30. The van der Waals surface area contributed by atoms with Crippen LogP contribution < -0.4 is 0 Å². The van der Waals surface area contributed by atoms with Crippen LogP contribution in [0.3, 0.4) is 0 Å². The Hall–Kier alpha value is -2.60. The van der Waals surface area contributed by atoms with Crippen LogP contribution in [0.5, 0.6) is 0 Å². The fraction of sp³-hybridized carbons (Fsp3) is 0.520. The van der Waals surface area contributed by atoms with E-state index in [-0.39, 0.29) is 11.0 Å². The van der Waals surface area contributed by atoms with Crippen LogP contribution in [0.15, 0.2) is 35.0 Å². The first-order chi connectivity index (χ1) is 14.2. The van der Waals surface area contributed by atoms with Crippen molar-refractivity contribution in [2.45, 2.75) is 34.6 Å². The molecule has 0 saturated carbocycles. The van der Waals surface area contributed by atoms with Gasteiger partial charge in [0.1, 0.15) is 0 Å². The zero-order valence-corrected chi connectivity index (χ0v) is 21.0. The Balaban J connectivity index is 4.28. The van der Waals surface area contributed by atoms with E-state index in [2.05, 4.69) is 52.8 Å². The van der Waals surface area contributed by atoms with Gasteiger partial charge in [0.15, 0.2) is 5.57 Å². The standard InChI is InChI=1S/C25H38N2O4/c1-16-12-17(2)14-18(13-16)21(25(3,4)5)19(15-26(6)7)22(27(8)9)20(23(28)30-10)24(29)31-11/h12-14H,15H2,1-11H3/b21-19-. The van der Waals surface area contributed by atoms with Crippen LogP contribution in [0.1, 0.15) is 37.5 Å². The fourth-order valence-corrected chi connectivity index (χ4v) is 3.89. The van der Waals surface area contributed by atoms with Crippen molar-refractivity contribution >= 4 is 17.5 Å². The number of aryl methyl sites for hydroxylation is 2. The number of nitrogens with zero attached hydrogens (tertiary/aromatic N) is 2. The highest BCUT2D eigenvalue weighted by Crippen LogP contribution is 2.41. The van der Waals surface area contributed by atoms with Gasteiger partial charge in [0.25, 0.3) is 0 Å². The number of methoxy groups -OCH3 is 2. The van der Waals surface area contributed by atoms with Crippen LogP contribution in [0.2, 0.25) is 0 Å². The summed E-state index contributed by atoms with van der Waals surface area (Å²) in [5.41, 5.74) is 5.41. The minimum absolute atomic E-state index is 0.113. The molecular weight excluding hydrogens is 392 g/mol. The van der Waals surface area contributed by atoms with E-state index < -0.39 is 11.9 Å². The molecule has 6 nitrogen and oxygen atoms in total. The normalized spacial score (nSPS) is 12.3. The van der Waals surface area contributed by atoms with E-state index in [0.29, 0.717) is 12.2 Å². The lowest BCUT2D eigenvalue weighted by molar-refractivity contribution is -0.144. The smallest absolute Gasteiger partial charge is 0.347 e. The van der Waals surface area contributed by atoms with Gasteiger partial charge in [-0.15, -0.1) is 0 Å². The zero-order chi connectivity index (χ0) is 24.1. The van der Waals surface area contributed by atoms with Gasteiger partial charge in [0.05, 0.1) is 19.9 Å². The van der Waals surface area contributed by atoms with Gasteiger partial charge in [-0.05, 0) is 50.1 Å². The predicted molar refractivity (Wildman–Crippen MR) is 126 cm³/mol. The zero-order valence-electron chi connectivity index (χ0n) is 21.0. The number of ether oxygens (including phenoxy) is 2. The Morgan fingerprint density at radius 2 is 1.32 bits per heavy atom. The third-order valence-electron chi connectivity index (χ3n) is 4.79. The summed E-state index contributed by atoms with van der Waals surface area (Å²) in [7, 11) is 10.1. The number of carbonyl (C=O) groups excluding carboxylic acids is 2. The minimum Gasteiger partial charge on any atom is -0.465 e. The summed E-state index contributed by atoms with van der Waals surface area (Å²) in [6, 6.07) is 6.42. The van der Waals surface area contributed by atoms with Crippen molar-refractivity contribution in [1.82, 2.24) is 9.80 Å². The fourth-order valence-electron chi connectivity index (χ4n) is 3.89. The number of esters is 2. The molecule has 1 rings (SSSR count). The van der Waals surface area contributed by atoms with Crippen LogP contribution in [0, 0.1) is 19.3 Å². The van der Waals surface area contributed by atoms with E-state index in [1.807, 2.05) is 33.1 Å². The maximum absolute atomic E-state index is 12.7. The SMILES string of the molecule is COC(=O)C(C(=O)OC)=C(/C(CN(C)C)=C(/c1cc(C)cc(C)c1)C(C)(C)C)N(C)C. The second-order valence-corrected chi connectivity index (χ2v) is 9.32. The Morgan fingerprint density at radius 3 is 1.65 bits per heavy atom. The van der Waals surface area contributed by atoms with E-state index in [4.69, 9.17) is 9.47 Å². The summed E-state index contributed by atoms with van der Waals surface area (Å²) in [6.45, 7) is 11.1. The first-order valence-electron chi connectivity index (χ1n) is 10.3. The highest BCUT2D eigenvalue weighted by molar-refractivity contribution is 6.15. The molecule has 0 aromatic heterocycles. The third kappa shape index (κ3) is 6.69. The number of rotatable bonds is 7. The molecule has 0 aliphatic rings. The van der Waals surface area contributed by atoms with Gasteiger partial charge in [-0.3, -0.25) is 0 Å². The van der Waals surface area contributed by atoms with Gasteiger partial charge >= 0.3 is 11.9 Å². The van der Waals surface area contributed by atoms with Crippen molar-refractivity contribution in [3.05, 3.63) is 51.7 Å². The molecule has 0 radical (unpaired) electrons. The van der Waals surface area contributed by atoms with Gasteiger partial charge in [-0.25, -0.2) is 9.59 Å². The molecule has 31 heavy (non-hydrogen) atoms. The Bertz CT molecular complexity index is 849. The molecule has 1 aromatic rings. The Labute approximate surface area is 187 Å². The van der Waals surface area contributed by atoms with Crippen molar-refractivity contribution in [2.75, 3.05) is 49.0 Å². The van der Waals surface area contributed by atoms with Crippen LogP contribution in [-0.2, 0) is 19.1 Å². The second kappa shape index (κ2) is 10.6. The highest BCUT2D eigenvalue weighted by Gasteiger charge is 2.33. The van der Waals surface area contributed by atoms with Crippen molar-refractivity contribution in [3.63, 3.8) is 0 Å². The molecule has 0 fully saturated rings. The summed E-state index contributed by atoms with van der Waals surface area (Å²) in [4.78, 5) is 29.3. The maximum atomic E-state index is 12.7. The van der Waals surface area contributed by atoms with Crippen LogP contribution in [0.4, 0.5) is 0 Å². The minimum atomic E-state index is -0.722. The summed E-state index contributed by atoms with van der Waals surface area (Å²) < 4.78 is 9.94. The molecule has 172 valence electrons. The highest BCUT2D eigenvalue weighted by atomic mass is 16.5. The van der Waals surface area contributed by atoms with E-state index in [1.54, 1.807) is 4.90 Å². The van der Waals surface area contributed by atoms with Gasteiger partial charge in [-0.2, -0.15) is 0 Å². The monoisotopic (exact) mass is 430 g/mol. The Morgan fingerprint density at radius 1 is 0.871 bits per heavy atom. The largest absolute Gasteiger partial charge is 0.465 e. The van der Waals surface area contributed by atoms with Crippen molar-refractivity contribution < 1.29 is 19.1 Å². The van der Waals surface area contributed by atoms with E-state index in [0.717, 1.165) is 27.8 Å². The second-order valence-electron chi connectivity index (χ2n) is 9.32. The Kier molecular flexibility index (Phi) is 9.06. The molecule has 6 heteroatoms. The van der Waals surface area contributed by atoms with E-state index in [1.165, 1.54) is 14.2 Å². The summed E-state index contributed by atoms with van der Waals surface area (Å²) in [5, 5.41) is 0. The van der Waals surface area contributed by atoms with Crippen molar-refractivity contribution in [1.29, 1.82) is 0 Å². The van der Waals surface area contributed by atoms with Gasteiger partial charge in [0.2, 0.25) is 0 Å². The lowest BCUT2D eigenvalue weighted by atomic mass is 9.77. The lowest BCUT2D eigenvalue weighted by Gasteiger charge is -2.33. The summed E-state index contributed by atoms with van der Waals surface area (Å²) >= 11 is 0. The number of carbonyl (C=O) groups is 2.